The molecule has 0 aliphatic carbocycles. The van der Waals surface area contributed by atoms with Crippen molar-refractivity contribution in [2.45, 2.75) is 60.5 Å². The third-order valence-electron chi connectivity index (χ3n) is 2.07. The molecule has 0 aliphatic rings. The van der Waals surface area contributed by atoms with E-state index in [0.29, 0.717) is 0 Å². The van der Waals surface area contributed by atoms with Crippen LogP contribution in [0.4, 0.5) is 0 Å². The summed E-state index contributed by atoms with van der Waals surface area (Å²) >= 11 is 0. The molecule has 94 valence electrons. The van der Waals surface area contributed by atoms with Gasteiger partial charge in [-0.15, -0.1) is 0 Å². The number of aliphatic hydroxyl groups is 1. The highest BCUT2D eigenvalue weighted by Crippen LogP contribution is 2.19. The predicted octanol–water partition coefficient (Wildman–Crippen LogP) is 4.53. The largest absolute Gasteiger partial charge is 0.386 e. The fourth-order valence-electron chi connectivity index (χ4n) is 1.15. The normalized spacial score (nSPS) is 9.50. The Hall–Kier alpha value is -0.820. The summed E-state index contributed by atoms with van der Waals surface area (Å²) in [5, 5.41) is 9.65. The van der Waals surface area contributed by atoms with Gasteiger partial charge in [0.15, 0.2) is 0 Å². The zero-order valence-corrected chi connectivity index (χ0v) is 12.0. The van der Waals surface area contributed by atoms with Crippen LogP contribution in [0.15, 0.2) is 24.3 Å². The minimum absolute atomic E-state index is 0.716. The lowest BCUT2D eigenvalue weighted by Gasteiger charge is -2.17. The standard InChI is InChI=1S/C11H16O.2C2H6/c1-4-9-5-7-10(8-6-9)11(2,3)12;2*1-2/h5-8,12H,4H2,1-3H3;2*1-2H3. The highest BCUT2D eigenvalue weighted by Gasteiger charge is 2.14. The van der Waals surface area contributed by atoms with E-state index in [2.05, 4.69) is 19.1 Å². The fraction of sp³-hybridized carbons (Fsp3) is 0.600. The van der Waals surface area contributed by atoms with Crippen molar-refractivity contribution in [1.82, 2.24) is 0 Å². The Balaban J connectivity index is 0. The molecular formula is C15H28O. The van der Waals surface area contributed by atoms with Crippen molar-refractivity contribution in [3.8, 4) is 0 Å². The molecule has 0 fully saturated rings. The maximum atomic E-state index is 9.65. The van der Waals surface area contributed by atoms with Gasteiger partial charge >= 0.3 is 0 Å². The first-order valence-electron chi connectivity index (χ1n) is 6.36. The highest BCUT2D eigenvalue weighted by atomic mass is 16.3. The quantitative estimate of drug-likeness (QED) is 0.782. The predicted molar refractivity (Wildman–Crippen MR) is 73.8 cm³/mol. The van der Waals surface area contributed by atoms with Crippen LogP contribution >= 0.6 is 0 Å². The summed E-state index contributed by atoms with van der Waals surface area (Å²) < 4.78 is 0. The Morgan fingerprint density at radius 1 is 0.938 bits per heavy atom. The Bertz CT molecular complexity index is 241. The summed E-state index contributed by atoms with van der Waals surface area (Å²) in [7, 11) is 0. The Labute approximate surface area is 102 Å². The Morgan fingerprint density at radius 2 is 1.31 bits per heavy atom. The van der Waals surface area contributed by atoms with Gasteiger partial charge < -0.3 is 5.11 Å². The lowest BCUT2D eigenvalue weighted by atomic mass is 9.97. The molecule has 0 unspecified atom stereocenters. The first-order chi connectivity index (χ1) is 7.54. The van der Waals surface area contributed by atoms with E-state index in [1.54, 1.807) is 13.8 Å². The molecule has 1 N–H and O–H groups in total. The molecule has 0 aliphatic heterocycles. The monoisotopic (exact) mass is 224 g/mol. The van der Waals surface area contributed by atoms with E-state index in [0.717, 1.165) is 12.0 Å². The second-order valence-electron chi connectivity index (χ2n) is 3.61. The first-order valence-corrected chi connectivity index (χ1v) is 6.36. The van der Waals surface area contributed by atoms with Crippen molar-refractivity contribution in [2.24, 2.45) is 0 Å². The SMILES string of the molecule is CC.CC.CCc1ccc(C(C)(C)O)cc1. The van der Waals surface area contributed by atoms with Gasteiger partial charge in [-0.1, -0.05) is 58.9 Å². The molecule has 0 atom stereocenters. The van der Waals surface area contributed by atoms with E-state index in [-0.39, 0.29) is 0 Å². The molecule has 16 heavy (non-hydrogen) atoms. The van der Waals surface area contributed by atoms with Crippen molar-refractivity contribution in [3.63, 3.8) is 0 Å². The lowest BCUT2D eigenvalue weighted by Crippen LogP contribution is -2.15. The van der Waals surface area contributed by atoms with Crippen LogP contribution in [0, 0.1) is 0 Å². The van der Waals surface area contributed by atoms with Crippen LogP contribution in [-0.2, 0) is 12.0 Å². The van der Waals surface area contributed by atoms with Gasteiger partial charge in [-0.25, -0.2) is 0 Å². The van der Waals surface area contributed by atoms with Gasteiger partial charge in [-0.2, -0.15) is 0 Å². The third kappa shape index (κ3) is 6.62. The molecule has 0 heterocycles. The van der Waals surface area contributed by atoms with E-state index in [9.17, 15) is 5.11 Å². The lowest BCUT2D eigenvalue weighted by molar-refractivity contribution is 0.0786. The molecule has 0 aromatic heterocycles. The number of hydrogen-bond acceptors (Lipinski definition) is 1. The van der Waals surface area contributed by atoms with Crippen molar-refractivity contribution in [2.75, 3.05) is 0 Å². The molecule has 0 saturated carbocycles. The van der Waals surface area contributed by atoms with E-state index in [1.165, 1.54) is 5.56 Å². The molecule has 0 bridgehead atoms. The molecule has 1 nitrogen and oxygen atoms in total. The maximum Gasteiger partial charge on any atom is 0.0840 e. The van der Waals surface area contributed by atoms with Gasteiger partial charge in [0.2, 0.25) is 0 Å². The average molecular weight is 224 g/mol. The minimum Gasteiger partial charge on any atom is -0.386 e. The molecule has 0 amide bonds. The number of aryl methyl sites for hydroxylation is 1. The fourth-order valence-corrected chi connectivity index (χ4v) is 1.15. The van der Waals surface area contributed by atoms with Gasteiger partial charge in [-0.05, 0) is 31.4 Å². The minimum atomic E-state index is -0.716. The Kier molecular flexibility index (Phi) is 10.3. The highest BCUT2D eigenvalue weighted by molar-refractivity contribution is 5.26. The molecule has 1 aromatic rings. The van der Waals surface area contributed by atoms with Crippen LogP contribution in [0.25, 0.3) is 0 Å². The number of rotatable bonds is 2. The molecule has 0 radical (unpaired) electrons. The first kappa shape index (κ1) is 17.6. The summed E-state index contributed by atoms with van der Waals surface area (Å²) in [6.45, 7) is 13.7. The second kappa shape index (κ2) is 9.41. The van der Waals surface area contributed by atoms with Gasteiger partial charge in [0.1, 0.15) is 0 Å². The van der Waals surface area contributed by atoms with E-state index < -0.39 is 5.60 Å². The summed E-state index contributed by atoms with van der Waals surface area (Å²) in [4.78, 5) is 0. The zero-order chi connectivity index (χ0) is 13.2. The van der Waals surface area contributed by atoms with Crippen LogP contribution in [0.2, 0.25) is 0 Å². The molecule has 1 rings (SSSR count). The number of benzene rings is 1. The molecule has 0 saturated heterocycles. The number of hydrogen-bond donors (Lipinski definition) is 1. The summed E-state index contributed by atoms with van der Waals surface area (Å²) in [5.41, 5.74) is 1.56. The van der Waals surface area contributed by atoms with Crippen molar-refractivity contribution >= 4 is 0 Å². The molecule has 0 spiro atoms. The maximum absolute atomic E-state index is 9.65. The Morgan fingerprint density at radius 3 is 1.56 bits per heavy atom. The second-order valence-corrected chi connectivity index (χ2v) is 3.61. The molecule has 1 heteroatoms. The third-order valence-corrected chi connectivity index (χ3v) is 2.07. The van der Waals surface area contributed by atoms with E-state index in [4.69, 9.17) is 0 Å². The zero-order valence-electron chi connectivity index (χ0n) is 12.0. The summed E-state index contributed by atoms with van der Waals surface area (Å²) in [6, 6.07) is 8.10. The van der Waals surface area contributed by atoms with E-state index >= 15 is 0 Å². The van der Waals surface area contributed by atoms with Crippen LogP contribution in [-0.4, -0.2) is 5.11 Å². The molecular weight excluding hydrogens is 196 g/mol. The van der Waals surface area contributed by atoms with Crippen LogP contribution in [0.5, 0.6) is 0 Å². The van der Waals surface area contributed by atoms with Gasteiger partial charge in [0.25, 0.3) is 0 Å². The summed E-state index contributed by atoms with van der Waals surface area (Å²) in [6.07, 6.45) is 1.05. The van der Waals surface area contributed by atoms with Gasteiger partial charge in [0.05, 0.1) is 5.60 Å². The summed E-state index contributed by atoms with van der Waals surface area (Å²) in [5.74, 6) is 0. The van der Waals surface area contributed by atoms with Gasteiger partial charge in [-0.3, -0.25) is 0 Å². The van der Waals surface area contributed by atoms with Crippen LogP contribution in [0.3, 0.4) is 0 Å². The smallest absolute Gasteiger partial charge is 0.0840 e. The molecule has 1 aromatic carbocycles. The van der Waals surface area contributed by atoms with Gasteiger partial charge in [0, 0.05) is 0 Å². The van der Waals surface area contributed by atoms with Crippen molar-refractivity contribution in [1.29, 1.82) is 0 Å². The van der Waals surface area contributed by atoms with Crippen molar-refractivity contribution < 1.29 is 5.11 Å². The van der Waals surface area contributed by atoms with Crippen LogP contribution < -0.4 is 0 Å². The van der Waals surface area contributed by atoms with Crippen LogP contribution in [0.1, 0.15) is 59.6 Å². The average Bonchev–Trinajstić information content (AvgIpc) is 2.33. The van der Waals surface area contributed by atoms with Crippen molar-refractivity contribution in [3.05, 3.63) is 35.4 Å². The topological polar surface area (TPSA) is 20.2 Å². The van der Waals surface area contributed by atoms with E-state index in [1.807, 2.05) is 39.8 Å².